The molecule has 0 aliphatic carbocycles. The molecule has 1 aromatic carbocycles. The quantitative estimate of drug-likeness (QED) is 0.861. The molecule has 7 heteroatoms. The van der Waals surface area contributed by atoms with E-state index < -0.39 is 0 Å². The third-order valence-corrected chi connectivity index (χ3v) is 4.94. The molecular weight excluding hydrogens is 306 g/mol. The molecule has 0 saturated carbocycles. The molecule has 2 aromatic rings. The maximum Gasteiger partial charge on any atom is 0.253 e. The number of rotatable bonds is 4. The van der Waals surface area contributed by atoms with Crippen LogP contribution in [0.1, 0.15) is 43.5 Å². The molecule has 0 spiro atoms. The topological polar surface area (TPSA) is 73.1 Å². The van der Waals surface area contributed by atoms with Gasteiger partial charge in [0.25, 0.3) is 5.91 Å². The molecule has 0 bridgehead atoms. The van der Waals surface area contributed by atoms with Crippen LogP contribution in [0, 0.1) is 5.41 Å². The summed E-state index contributed by atoms with van der Waals surface area (Å²) < 4.78 is 6.86. The number of piperidine rings is 1. The van der Waals surface area contributed by atoms with Crippen molar-refractivity contribution in [2.45, 2.75) is 33.1 Å². The second kappa shape index (κ2) is 6.59. The van der Waals surface area contributed by atoms with Crippen LogP contribution in [0.15, 0.2) is 24.5 Å². The number of aromatic nitrogens is 4. The van der Waals surface area contributed by atoms with Crippen LogP contribution in [0.5, 0.6) is 5.75 Å². The number of amides is 1. The SMILES string of the molecule is CC[C@]1(C)CCCN(C(=O)c2ccc(OC)c(-n3cnnn3)c2)C1. The Bertz CT molecular complexity index is 716. The fraction of sp³-hybridized carbons (Fsp3) is 0.529. The Labute approximate surface area is 141 Å². The van der Waals surface area contributed by atoms with Crippen molar-refractivity contribution in [2.24, 2.45) is 5.41 Å². The average Bonchev–Trinajstić information content (AvgIpc) is 3.15. The second-order valence-corrected chi connectivity index (χ2v) is 6.64. The fourth-order valence-corrected chi connectivity index (χ4v) is 3.23. The molecule has 1 amide bonds. The molecule has 1 atom stereocenters. The van der Waals surface area contributed by atoms with Gasteiger partial charge in [0.05, 0.1) is 7.11 Å². The molecule has 7 nitrogen and oxygen atoms in total. The van der Waals surface area contributed by atoms with E-state index in [4.69, 9.17) is 4.74 Å². The van der Waals surface area contributed by atoms with Crippen LogP contribution in [-0.2, 0) is 0 Å². The molecule has 1 fully saturated rings. The van der Waals surface area contributed by atoms with Gasteiger partial charge in [-0.05, 0) is 53.3 Å². The highest BCUT2D eigenvalue weighted by Crippen LogP contribution is 2.33. The first kappa shape index (κ1) is 16.4. The lowest BCUT2D eigenvalue weighted by Gasteiger charge is -2.40. The minimum absolute atomic E-state index is 0.0475. The fourth-order valence-electron chi connectivity index (χ4n) is 3.23. The van der Waals surface area contributed by atoms with Crippen LogP contribution in [-0.4, -0.2) is 51.2 Å². The van der Waals surface area contributed by atoms with Gasteiger partial charge in [-0.15, -0.1) is 5.10 Å². The molecule has 0 unspecified atom stereocenters. The molecule has 1 aliphatic rings. The molecule has 1 saturated heterocycles. The summed E-state index contributed by atoms with van der Waals surface area (Å²) in [5.41, 5.74) is 1.49. The highest BCUT2D eigenvalue weighted by atomic mass is 16.5. The van der Waals surface area contributed by atoms with Gasteiger partial charge in [0.2, 0.25) is 0 Å². The van der Waals surface area contributed by atoms with Gasteiger partial charge in [-0.2, -0.15) is 4.68 Å². The third kappa shape index (κ3) is 3.11. The van der Waals surface area contributed by atoms with Gasteiger partial charge in [-0.3, -0.25) is 4.79 Å². The summed E-state index contributed by atoms with van der Waals surface area (Å²) in [6, 6.07) is 5.37. The first-order chi connectivity index (χ1) is 11.6. The van der Waals surface area contributed by atoms with Crippen molar-refractivity contribution in [3.05, 3.63) is 30.1 Å². The number of hydrogen-bond donors (Lipinski definition) is 0. The number of nitrogens with zero attached hydrogens (tertiary/aromatic N) is 5. The predicted octanol–water partition coefficient (Wildman–Crippen LogP) is 2.32. The highest BCUT2D eigenvalue weighted by Gasteiger charge is 2.32. The van der Waals surface area contributed by atoms with Gasteiger partial charge in [0.15, 0.2) is 0 Å². The minimum Gasteiger partial charge on any atom is -0.494 e. The van der Waals surface area contributed by atoms with E-state index in [-0.39, 0.29) is 11.3 Å². The van der Waals surface area contributed by atoms with E-state index in [0.29, 0.717) is 17.0 Å². The van der Waals surface area contributed by atoms with E-state index in [9.17, 15) is 4.79 Å². The number of carbonyl (C=O) groups excluding carboxylic acids is 1. The zero-order valence-electron chi connectivity index (χ0n) is 14.4. The van der Waals surface area contributed by atoms with Crippen LogP contribution in [0.25, 0.3) is 5.69 Å². The summed E-state index contributed by atoms with van der Waals surface area (Å²) in [6.45, 7) is 6.05. The molecule has 128 valence electrons. The minimum atomic E-state index is 0.0475. The van der Waals surface area contributed by atoms with E-state index in [1.165, 1.54) is 17.4 Å². The van der Waals surface area contributed by atoms with Crippen LogP contribution >= 0.6 is 0 Å². The van der Waals surface area contributed by atoms with Gasteiger partial charge >= 0.3 is 0 Å². The molecule has 24 heavy (non-hydrogen) atoms. The molecule has 0 N–H and O–H groups in total. The zero-order valence-corrected chi connectivity index (χ0v) is 14.4. The van der Waals surface area contributed by atoms with E-state index in [0.717, 1.165) is 25.9 Å². The number of tetrazole rings is 1. The molecule has 1 aromatic heterocycles. The van der Waals surface area contributed by atoms with Crippen molar-refractivity contribution in [3.8, 4) is 11.4 Å². The van der Waals surface area contributed by atoms with E-state index in [1.54, 1.807) is 25.3 Å². The van der Waals surface area contributed by atoms with Crippen molar-refractivity contribution in [1.29, 1.82) is 0 Å². The van der Waals surface area contributed by atoms with E-state index >= 15 is 0 Å². The summed E-state index contributed by atoms with van der Waals surface area (Å²) in [6.07, 6.45) is 4.79. The number of carbonyl (C=O) groups is 1. The normalized spacial score (nSPS) is 20.9. The Morgan fingerprint density at radius 3 is 2.92 bits per heavy atom. The molecule has 3 rings (SSSR count). The van der Waals surface area contributed by atoms with Crippen LogP contribution in [0.4, 0.5) is 0 Å². The van der Waals surface area contributed by atoms with Gasteiger partial charge in [0.1, 0.15) is 17.8 Å². The summed E-state index contributed by atoms with van der Waals surface area (Å²) >= 11 is 0. The number of ether oxygens (including phenoxy) is 1. The lowest BCUT2D eigenvalue weighted by Crippen LogP contribution is -2.44. The Kier molecular flexibility index (Phi) is 4.51. The molecule has 2 heterocycles. The van der Waals surface area contributed by atoms with Crippen LogP contribution in [0.2, 0.25) is 0 Å². The highest BCUT2D eigenvalue weighted by molar-refractivity contribution is 5.95. The zero-order chi connectivity index (χ0) is 17.2. The second-order valence-electron chi connectivity index (χ2n) is 6.64. The van der Waals surface area contributed by atoms with Gasteiger partial charge in [-0.1, -0.05) is 13.8 Å². The number of benzene rings is 1. The summed E-state index contributed by atoms with van der Waals surface area (Å²) in [5, 5.41) is 11.2. The number of methoxy groups -OCH3 is 1. The first-order valence-electron chi connectivity index (χ1n) is 8.27. The Morgan fingerprint density at radius 2 is 2.25 bits per heavy atom. The number of likely N-dealkylation sites (tertiary alicyclic amines) is 1. The third-order valence-electron chi connectivity index (χ3n) is 4.94. The maximum absolute atomic E-state index is 12.9. The summed E-state index contributed by atoms with van der Waals surface area (Å²) in [5.74, 6) is 0.669. The van der Waals surface area contributed by atoms with Crippen molar-refractivity contribution in [2.75, 3.05) is 20.2 Å². The average molecular weight is 329 g/mol. The standard InChI is InChI=1S/C17H23N5O2/c1-4-17(2)8-5-9-21(11-17)16(23)13-6-7-15(24-3)14(10-13)22-12-18-19-20-22/h6-7,10,12H,4-5,8-9,11H2,1-3H3/t17-/m1/s1. The van der Waals surface area contributed by atoms with Crippen molar-refractivity contribution in [3.63, 3.8) is 0 Å². The Morgan fingerprint density at radius 1 is 1.42 bits per heavy atom. The first-order valence-corrected chi connectivity index (χ1v) is 8.27. The molecule has 1 aliphatic heterocycles. The molecular formula is C17H23N5O2. The van der Waals surface area contributed by atoms with Crippen molar-refractivity contribution < 1.29 is 9.53 Å². The Balaban J connectivity index is 1.89. The smallest absolute Gasteiger partial charge is 0.253 e. The monoisotopic (exact) mass is 329 g/mol. The molecule has 0 radical (unpaired) electrons. The van der Waals surface area contributed by atoms with Crippen LogP contribution < -0.4 is 4.74 Å². The van der Waals surface area contributed by atoms with Crippen molar-refractivity contribution >= 4 is 5.91 Å². The maximum atomic E-state index is 12.9. The summed E-state index contributed by atoms with van der Waals surface area (Å²) in [7, 11) is 1.59. The summed E-state index contributed by atoms with van der Waals surface area (Å²) in [4.78, 5) is 14.9. The van der Waals surface area contributed by atoms with E-state index in [2.05, 4.69) is 29.4 Å². The number of hydrogen-bond acceptors (Lipinski definition) is 5. The lowest BCUT2D eigenvalue weighted by atomic mass is 9.79. The van der Waals surface area contributed by atoms with Gasteiger partial charge < -0.3 is 9.64 Å². The van der Waals surface area contributed by atoms with E-state index in [1.807, 2.05) is 4.90 Å². The predicted molar refractivity (Wildman–Crippen MR) is 89.2 cm³/mol. The van der Waals surface area contributed by atoms with Crippen molar-refractivity contribution in [1.82, 2.24) is 25.1 Å². The van der Waals surface area contributed by atoms with Gasteiger partial charge in [0, 0.05) is 18.7 Å². The lowest BCUT2D eigenvalue weighted by molar-refractivity contribution is 0.0543. The van der Waals surface area contributed by atoms with Gasteiger partial charge in [-0.25, -0.2) is 0 Å². The largest absolute Gasteiger partial charge is 0.494 e. The Hall–Kier alpha value is -2.44. The van der Waals surface area contributed by atoms with Crippen LogP contribution in [0.3, 0.4) is 0 Å².